The van der Waals surface area contributed by atoms with E-state index in [4.69, 9.17) is 11.6 Å². The van der Waals surface area contributed by atoms with E-state index < -0.39 is 0 Å². The van der Waals surface area contributed by atoms with Gasteiger partial charge in [0.2, 0.25) is 11.8 Å². The van der Waals surface area contributed by atoms with Gasteiger partial charge < -0.3 is 10.2 Å². The molecule has 0 radical (unpaired) electrons. The molecule has 0 aliphatic carbocycles. The number of carbonyl (C=O) groups excluding carboxylic acids is 2. The number of nitrogens with zero attached hydrogens (tertiary/aromatic N) is 3. The van der Waals surface area contributed by atoms with Crippen molar-refractivity contribution in [1.82, 2.24) is 25.4 Å². The summed E-state index contributed by atoms with van der Waals surface area (Å²) in [6.07, 6.45) is 0.213. The fourth-order valence-corrected chi connectivity index (χ4v) is 3.97. The third-order valence-electron chi connectivity index (χ3n) is 5.25. The summed E-state index contributed by atoms with van der Waals surface area (Å²) in [6.45, 7) is 2.33. The molecule has 4 rings (SSSR count). The van der Waals surface area contributed by atoms with Gasteiger partial charge in [-0.3, -0.25) is 14.7 Å². The SMILES string of the molecule is CC(=O)N[C@@H]1CN(C(=O)Cc2ccccc2Cl)C[C@H]1c1nc(-c2ccccc2)n[nH]1. The van der Waals surface area contributed by atoms with Gasteiger partial charge >= 0.3 is 0 Å². The van der Waals surface area contributed by atoms with Crippen LogP contribution in [0.2, 0.25) is 5.02 Å². The van der Waals surface area contributed by atoms with Crippen LogP contribution in [0, 0.1) is 0 Å². The summed E-state index contributed by atoms with van der Waals surface area (Å²) >= 11 is 6.21. The molecule has 2 atom stereocenters. The van der Waals surface area contributed by atoms with Crippen LogP contribution >= 0.6 is 11.6 Å². The molecule has 1 fully saturated rings. The number of H-pyrrole nitrogens is 1. The van der Waals surface area contributed by atoms with Crippen LogP contribution in [-0.4, -0.2) is 51.0 Å². The van der Waals surface area contributed by atoms with Crippen LogP contribution in [0.4, 0.5) is 0 Å². The Morgan fingerprint density at radius 2 is 1.87 bits per heavy atom. The van der Waals surface area contributed by atoms with Gasteiger partial charge in [-0.15, -0.1) is 0 Å². The monoisotopic (exact) mass is 423 g/mol. The van der Waals surface area contributed by atoms with Crippen molar-refractivity contribution in [2.24, 2.45) is 0 Å². The number of halogens is 1. The standard InChI is InChI=1S/C22H22ClN5O2/c1-14(29)24-19-13-28(20(30)11-16-9-5-6-10-18(16)23)12-17(19)22-25-21(26-27-22)15-7-3-2-4-8-15/h2-10,17,19H,11-13H2,1H3,(H,24,29)(H,25,26,27)/t17-,19-/m1/s1. The lowest BCUT2D eigenvalue weighted by Crippen LogP contribution is -2.39. The summed E-state index contributed by atoms with van der Waals surface area (Å²) in [4.78, 5) is 31.0. The Morgan fingerprint density at radius 3 is 2.60 bits per heavy atom. The lowest BCUT2D eigenvalue weighted by atomic mass is 10.0. The maximum absolute atomic E-state index is 12.9. The number of likely N-dealkylation sites (tertiary alicyclic amines) is 1. The summed E-state index contributed by atoms with van der Waals surface area (Å²) in [5.41, 5.74) is 1.69. The number of hydrogen-bond acceptors (Lipinski definition) is 4. The fraction of sp³-hybridized carbons (Fsp3) is 0.273. The molecule has 7 nitrogen and oxygen atoms in total. The van der Waals surface area contributed by atoms with Crippen molar-refractivity contribution in [2.75, 3.05) is 13.1 Å². The molecule has 0 spiro atoms. The maximum Gasteiger partial charge on any atom is 0.227 e. The molecule has 1 aliphatic heterocycles. The van der Waals surface area contributed by atoms with E-state index in [1.807, 2.05) is 48.5 Å². The first-order chi connectivity index (χ1) is 14.5. The summed E-state index contributed by atoms with van der Waals surface area (Å²) < 4.78 is 0. The van der Waals surface area contributed by atoms with E-state index in [0.29, 0.717) is 29.8 Å². The van der Waals surface area contributed by atoms with E-state index in [1.54, 1.807) is 11.0 Å². The van der Waals surface area contributed by atoms with Crippen LogP contribution in [0.15, 0.2) is 54.6 Å². The molecule has 0 unspecified atom stereocenters. The van der Waals surface area contributed by atoms with Crippen molar-refractivity contribution in [3.63, 3.8) is 0 Å². The maximum atomic E-state index is 12.9. The highest BCUT2D eigenvalue weighted by atomic mass is 35.5. The van der Waals surface area contributed by atoms with Crippen molar-refractivity contribution in [2.45, 2.75) is 25.3 Å². The molecule has 1 saturated heterocycles. The lowest BCUT2D eigenvalue weighted by molar-refractivity contribution is -0.129. The van der Waals surface area contributed by atoms with Gasteiger partial charge in [0.15, 0.2) is 5.82 Å². The minimum absolute atomic E-state index is 0.0382. The minimum atomic E-state index is -0.241. The van der Waals surface area contributed by atoms with Gasteiger partial charge in [-0.25, -0.2) is 4.98 Å². The topological polar surface area (TPSA) is 91.0 Å². The Morgan fingerprint density at radius 1 is 1.13 bits per heavy atom. The van der Waals surface area contributed by atoms with E-state index in [0.717, 1.165) is 11.1 Å². The van der Waals surface area contributed by atoms with Crippen LogP contribution in [0.25, 0.3) is 11.4 Å². The zero-order chi connectivity index (χ0) is 21.1. The second-order valence-electron chi connectivity index (χ2n) is 7.39. The van der Waals surface area contributed by atoms with Crippen molar-refractivity contribution in [3.05, 3.63) is 71.0 Å². The Bertz CT molecular complexity index is 1050. The van der Waals surface area contributed by atoms with Crippen LogP contribution in [0.3, 0.4) is 0 Å². The number of aromatic nitrogens is 3. The van der Waals surface area contributed by atoms with Crippen LogP contribution < -0.4 is 5.32 Å². The molecule has 0 saturated carbocycles. The van der Waals surface area contributed by atoms with Gasteiger partial charge in [-0.05, 0) is 11.6 Å². The Kier molecular flexibility index (Phi) is 5.81. The van der Waals surface area contributed by atoms with E-state index in [9.17, 15) is 9.59 Å². The Labute approximate surface area is 179 Å². The molecule has 2 aromatic carbocycles. The summed E-state index contributed by atoms with van der Waals surface area (Å²) in [5, 5.41) is 10.8. The molecule has 0 bridgehead atoms. The molecule has 2 N–H and O–H groups in total. The highest BCUT2D eigenvalue weighted by Gasteiger charge is 2.38. The quantitative estimate of drug-likeness (QED) is 0.660. The van der Waals surface area contributed by atoms with Crippen molar-refractivity contribution >= 4 is 23.4 Å². The van der Waals surface area contributed by atoms with Crippen LogP contribution in [0.5, 0.6) is 0 Å². The van der Waals surface area contributed by atoms with E-state index in [2.05, 4.69) is 20.5 Å². The molecule has 8 heteroatoms. The highest BCUT2D eigenvalue weighted by molar-refractivity contribution is 6.31. The molecule has 154 valence electrons. The van der Waals surface area contributed by atoms with E-state index >= 15 is 0 Å². The number of benzene rings is 2. The fourth-order valence-electron chi connectivity index (χ4n) is 3.76. The predicted molar refractivity (Wildman–Crippen MR) is 114 cm³/mol. The third kappa shape index (κ3) is 4.36. The number of rotatable bonds is 5. The van der Waals surface area contributed by atoms with Gasteiger partial charge in [-0.2, -0.15) is 5.10 Å². The number of amides is 2. The second-order valence-corrected chi connectivity index (χ2v) is 7.80. The van der Waals surface area contributed by atoms with Gasteiger partial charge in [0.1, 0.15) is 5.82 Å². The van der Waals surface area contributed by atoms with Gasteiger partial charge in [0.05, 0.1) is 18.4 Å². The van der Waals surface area contributed by atoms with Gasteiger partial charge in [-0.1, -0.05) is 60.1 Å². The number of carbonyl (C=O) groups is 2. The molecular weight excluding hydrogens is 402 g/mol. The molecule has 1 aromatic heterocycles. The van der Waals surface area contributed by atoms with Gasteiger partial charge in [0.25, 0.3) is 0 Å². The third-order valence-corrected chi connectivity index (χ3v) is 5.62. The molecule has 1 aliphatic rings. The average Bonchev–Trinajstić information content (AvgIpc) is 3.37. The van der Waals surface area contributed by atoms with Gasteiger partial charge in [0, 0.05) is 30.6 Å². The van der Waals surface area contributed by atoms with E-state index in [1.165, 1.54) is 6.92 Å². The lowest BCUT2D eigenvalue weighted by Gasteiger charge is -2.17. The minimum Gasteiger partial charge on any atom is -0.351 e. The Hall–Kier alpha value is -3.19. The predicted octanol–water partition coefficient (Wildman–Crippen LogP) is 2.80. The first kappa shape index (κ1) is 20.1. The van der Waals surface area contributed by atoms with E-state index in [-0.39, 0.29) is 30.2 Å². The summed E-state index contributed by atoms with van der Waals surface area (Å²) in [5.74, 6) is 0.889. The largest absolute Gasteiger partial charge is 0.351 e. The molecule has 2 heterocycles. The summed E-state index contributed by atoms with van der Waals surface area (Å²) in [6, 6.07) is 16.7. The number of aromatic amines is 1. The zero-order valence-corrected chi connectivity index (χ0v) is 17.3. The van der Waals surface area contributed by atoms with Crippen molar-refractivity contribution in [3.8, 4) is 11.4 Å². The molecular formula is C22H22ClN5O2. The first-order valence-corrected chi connectivity index (χ1v) is 10.1. The highest BCUT2D eigenvalue weighted by Crippen LogP contribution is 2.28. The Balaban J connectivity index is 1.53. The van der Waals surface area contributed by atoms with Crippen LogP contribution in [0.1, 0.15) is 24.2 Å². The molecule has 30 heavy (non-hydrogen) atoms. The smallest absolute Gasteiger partial charge is 0.227 e. The average molecular weight is 424 g/mol. The second kappa shape index (κ2) is 8.67. The zero-order valence-electron chi connectivity index (χ0n) is 16.5. The summed E-state index contributed by atoms with van der Waals surface area (Å²) in [7, 11) is 0. The van der Waals surface area contributed by atoms with Crippen molar-refractivity contribution < 1.29 is 9.59 Å². The number of nitrogens with one attached hydrogen (secondary N) is 2. The normalized spacial score (nSPS) is 18.4. The van der Waals surface area contributed by atoms with Crippen LogP contribution in [-0.2, 0) is 16.0 Å². The molecule has 3 aromatic rings. The first-order valence-electron chi connectivity index (χ1n) is 9.77. The molecule has 2 amide bonds. The van der Waals surface area contributed by atoms with Crippen molar-refractivity contribution in [1.29, 1.82) is 0 Å². The number of hydrogen-bond donors (Lipinski definition) is 2.